The molecule has 0 spiro atoms. The maximum Gasteiger partial charge on any atom is 0.453 e. The molecule has 0 N–H and O–H groups in total. The van der Waals surface area contributed by atoms with Crippen molar-refractivity contribution in [2.24, 2.45) is 0 Å². The highest BCUT2D eigenvalue weighted by molar-refractivity contribution is 9.09. The predicted octanol–water partition coefficient (Wildman–Crippen LogP) is 1.83. The summed E-state index contributed by atoms with van der Waals surface area (Å²) < 4.78 is 20.0. The highest BCUT2D eigenvalue weighted by Crippen LogP contribution is 2.41. The molecule has 6 nitrogen and oxygen atoms in total. The maximum atomic E-state index is 11.9. The molecule has 2 rings (SSSR count). The SMILES string of the molecule is COC(=O)C1(C(=O)OC)Oc2ccc(CC(C)Br)cc2O1. The van der Waals surface area contributed by atoms with Crippen LogP contribution in [0.3, 0.4) is 0 Å². The number of methoxy groups -OCH3 is 2. The molecular formula is C14H15BrO6. The Bertz CT molecular complexity index is 553. The van der Waals surface area contributed by atoms with E-state index < -0.39 is 17.7 Å². The van der Waals surface area contributed by atoms with E-state index in [1.807, 2.05) is 13.0 Å². The van der Waals surface area contributed by atoms with Gasteiger partial charge in [0, 0.05) is 4.83 Å². The first-order valence-electron chi connectivity index (χ1n) is 6.24. The molecule has 7 heteroatoms. The lowest BCUT2D eigenvalue weighted by Crippen LogP contribution is -2.55. The van der Waals surface area contributed by atoms with E-state index in [4.69, 9.17) is 9.47 Å². The van der Waals surface area contributed by atoms with Gasteiger partial charge in [0.25, 0.3) is 0 Å². The van der Waals surface area contributed by atoms with Gasteiger partial charge in [-0.05, 0) is 24.1 Å². The number of benzene rings is 1. The Hall–Kier alpha value is -1.76. The Kier molecular flexibility index (Phi) is 4.41. The summed E-state index contributed by atoms with van der Waals surface area (Å²) in [5.74, 6) is -3.58. The highest BCUT2D eigenvalue weighted by Gasteiger charge is 2.59. The van der Waals surface area contributed by atoms with Crippen molar-refractivity contribution in [1.29, 1.82) is 0 Å². The molecule has 0 radical (unpaired) electrons. The molecule has 0 amide bonds. The number of carbonyl (C=O) groups excluding carboxylic acids is 2. The van der Waals surface area contributed by atoms with E-state index in [2.05, 4.69) is 25.4 Å². The van der Waals surface area contributed by atoms with Gasteiger partial charge in [0.2, 0.25) is 0 Å². The van der Waals surface area contributed by atoms with Crippen molar-refractivity contribution >= 4 is 27.9 Å². The molecule has 1 aromatic carbocycles. The van der Waals surface area contributed by atoms with Crippen LogP contribution in [0.15, 0.2) is 18.2 Å². The van der Waals surface area contributed by atoms with Gasteiger partial charge in [-0.2, -0.15) is 0 Å². The molecular weight excluding hydrogens is 344 g/mol. The summed E-state index contributed by atoms with van der Waals surface area (Å²) in [5, 5.41) is 0. The molecule has 0 bridgehead atoms. The van der Waals surface area contributed by atoms with E-state index in [0.29, 0.717) is 5.75 Å². The van der Waals surface area contributed by atoms with Gasteiger partial charge in [-0.15, -0.1) is 0 Å². The maximum absolute atomic E-state index is 11.9. The molecule has 0 aromatic heterocycles. The lowest BCUT2D eigenvalue weighted by molar-refractivity contribution is -0.199. The minimum Gasteiger partial charge on any atom is -0.463 e. The van der Waals surface area contributed by atoms with E-state index in [0.717, 1.165) is 26.2 Å². The van der Waals surface area contributed by atoms with E-state index in [9.17, 15) is 9.59 Å². The zero-order chi connectivity index (χ0) is 15.6. The van der Waals surface area contributed by atoms with Crippen LogP contribution in [0.4, 0.5) is 0 Å². The van der Waals surface area contributed by atoms with Crippen LogP contribution >= 0.6 is 15.9 Å². The second kappa shape index (κ2) is 5.93. The van der Waals surface area contributed by atoms with Crippen molar-refractivity contribution in [3.05, 3.63) is 23.8 Å². The minimum atomic E-state index is -2.23. The van der Waals surface area contributed by atoms with Crippen LogP contribution in [0.2, 0.25) is 0 Å². The second-order valence-electron chi connectivity index (χ2n) is 4.57. The van der Waals surface area contributed by atoms with Crippen LogP contribution < -0.4 is 9.47 Å². The number of fused-ring (bicyclic) bond motifs is 1. The standard InChI is InChI=1S/C14H15BrO6/c1-8(15)6-9-4-5-10-11(7-9)21-14(20-10,12(16)18-2)13(17)19-3/h4-5,7-8H,6H2,1-3H3. The molecule has 21 heavy (non-hydrogen) atoms. The highest BCUT2D eigenvalue weighted by atomic mass is 79.9. The van der Waals surface area contributed by atoms with Crippen molar-refractivity contribution in [3.8, 4) is 11.5 Å². The fourth-order valence-corrected chi connectivity index (χ4v) is 2.39. The third-order valence-corrected chi connectivity index (χ3v) is 3.26. The third-order valence-electron chi connectivity index (χ3n) is 2.94. The van der Waals surface area contributed by atoms with E-state index in [-0.39, 0.29) is 10.6 Å². The van der Waals surface area contributed by atoms with Crippen LogP contribution in [0.25, 0.3) is 0 Å². The summed E-state index contributed by atoms with van der Waals surface area (Å²) in [6.45, 7) is 2.01. The van der Waals surface area contributed by atoms with Gasteiger partial charge < -0.3 is 18.9 Å². The number of carbonyl (C=O) groups is 2. The lowest BCUT2D eigenvalue weighted by atomic mass is 10.1. The average Bonchev–Trinajstić information content (AvgIpc) is 2.84. The Morgan fingerprint density at radius 1 is 1.19 bits per heavy atom. The summed E-state index contributed by atoms with van der Waals surface area (Å²) in [5.41, 5.74) is 0.979. The Morgan fingerprint density at radius 2 is 1.76 bits per heavy atom. The van der Waals surface area contributed by atoms with Crippen LogP contribution in [-0.2, 0) is 25.5 Å². The molecule has 0 fully saturated rings. The number of hydrogen-bond acceptors (Lipinski definition) is 6. The number of ether oxygens (including phenoxy) is 4. The third kappa shape index (κ3) is 2.83. The largest absolute Gasteiger partial charge is 0.463 e. The van der Waals surface area contributed by atoms with Gasteiger partial charge in [-0.3, -0.25) is 0 Å². The van der Waals surface area contributed by atoms with Crippen molar-refractivity contribution in [1.82, 2.24) is 0 Å². The number of alkyl halides is 1. The second-order valence-corrected chi connectivity index (χ2v) is 6.13. The Morgan fingerprint density at radius 3 is 2.29 bits per heavy atom. The molecule has 1 atom stereocenters. The zero-order valence-electron chi connectivity index (χ0n) is 11.8. The molecule has 0 saturated heterocycles. The number of esters is 2. The monoisotopic (exact) mass is 358 g/mol. The molecule has 0 saturated carbocycles. The Balaban J connectivity index is 2.35. The van der Waals surface area contributed by atoms with Crippen molar-refractivity contribution < 1.29 is 28.5 Å². The molecule has 0 aliphatic carbocycles. The topological polar surface area (TPSA) is 71.1 Å². The molecule has 114 valence electrons. The quantitative estimate of drug-likeness (QED) is 0.464. The smallest absolute Gasteiger partial charge is 0.453 e. The first-order valence-corrected chi connectivity index (χ1v) is 7.16. The average molecular weight is 359 g/mol. The van der Waals surface area contributed by atoms with Gasteiger partial charge in [0.15, 0.2) is 11.5 Å². The fraction of sp³-hybridized carbons (Fsp3) is 0.429. The van der Waals surface area contributed by atoms with Gasteiger partial charge in [-0.25, -0.2) is 9.59 Å². The Labute approximate surface area is 130 Å². The molecule has 1 heterocycles. The van der Waals surface area contributed by atoms with Gasteiger partial charge >= 0.3 is 17.7 Å². The molecule has 1 aliphatic rings. The number of halogens is 1. The van der Waals surface area contributed by atoms with E-state index in [1.165, 1.54) is 0 Å². The summed E-state index contributed by atoms with van der Waals surface area (Å²) in [6, 6.07) is 5.21. The number of hydrogen-bond donors (Lipinski definition) is 0. The zero-order valence-corrected chi connectivity index (χ0v) is 13.4. The summed E-state index contributed by atoms with van der Waals surface area (Å²) in [4.78, 5) is 24.1. The molecule has 1 aromatic rings. The predicted molar refractivity (Wildman–Crippen MR) is 76.6 cm³/mol. The van der Waals surface area contributed by atoms with Gasteiger partial charge in [0.1, 0.15) is 0 Å². The van der Waals surface area contributed by atoms with Gasteiger partial charge in [0.05, 0.1) is 14.2 Å². The first-order chi connectivity index (χ1) is 9.92. The fourth-order valence-electron chi connectivity index (χ4n) is 2.02. The van der Waals surface area contributed by atoms with Crippen LogP contribution in [0.5, 0.6) is 11.5 Å². The van der Waals surface area contributed by atoms with E-state index in [1.54, 1.807) is 12.1 Å². The molecule has 1 unspecified atom stereocenters. The number of rotatable bonds is 4. The van der Waals surface area contributed by atoms with Crippen LogP contribution in [0.1, 0.15) is 12.5 Å². The normalized spacial score (nSPS) is 16.2. The van der Waals surface area contributed by atoms with Gasteiger partial charge in [-0.1, -0.05) is 28.9 Å². The minimum absolute atomic E-state index is 0.281. The summed E-state index contributed by atoms with van der Waals surface area (Å²) in [6.07, 6.45) is 0.764. The van der Waals surface area contributed by atoms with Crippen LogP contribution in [0, 0.1) is 0 Å². The van der Waals surface area contributed by atoms with Crippen molar-refractivity contribution in [3.63, 3.8) is 0 Å². The van der Waals surface area contributed by atoms with Crippen molar-refractivity contribution in [2.45, 2.75) is 24.0 Å². The van der Waals surface area contributed by atoms with Crippen molar-refractivity contribution in [2.75, 3.05) is 14.2 Å². The molecule has 1 aliphatic heterocycles. The summed E-state index contributed by atoms with van der Waals surface area (Å²) >= 11 is 3.46. The van der Waals surface area contributed by atoms with E-state index >= 15 is 0 Å². The van der Waals surface area contributed by atoms with Crippen LogP contribution in [-0.4, -0.2) is 36.8 Å². The lowest BCUT2D eigenvalue weighted by Gasteiger charge is -2.21. The first kappa shape index (κ1) is 15.6. The summed E-state index contributed by atoms with van der Waals surface area (Å²) in [7, 11) is 2.28.